The maximum atomic E-state index is 12.5. The van der Waals surface area contributed by atoms with Gasteiger partial charge in [-0.25, -0.2) is 0 Å². The molecule has 96 valence electrons. The van der Waals surface area contributed by atoms with E-state index in [1.54, 1.807) is 0 Å². The molecule has 1 aliphatic rings. The molecule has 1 nitrogen and oxygen atoms in total. The molecule has 0 radical (unpaired) electrons. The number of halogens is 1. The molecule has 1 saturated carbocycles. The molecule has 2 heteroatoms. The zero-order chi connectivity index (χ0) is 13.4. The quantitative estimate of drug-likeness (QED) is 0.752. The normalized spacial score (nSPS) is 25.1. The van der Waals surface area contributed by atoms with Crippen molar-refractivity contribution in [1.82, 2.24) is 0 Å². The third kappa shape index (κ3) is 2.37. The van der Waals surface area contributed by atoms with Gasteiger partial charge in [0.15, 0.2) is 5.78 Å². The molecule has 1 aliphatic carbocycles. The lowest BCUT2D eigenvalue weighted by molar-refractivity contribution is 0.0960. The molecular formula is C17H15BrO. The van der Waals surface area contributed by atoms with Crippen LogP contribution in [0.4, 0.5) is 0 Å². The minimum Gasteiger partial charge on any atom is -0.294 e. The molecule has 2 aromatic carbocycles. The molecule has 0 bridgehead atoms. The lowest BCUT2D eigenvalue weighted by atomic mass is 10.0. The molecule has 3 atom stereocenters. The lowest BCUT2D eigenvalue weighted by Crippen LogP contribution is -2.03. The van der Waals surface area contributed by atoms with Crippen molar-refractivity contribution < 1.29 is 4.79 Å². The monoisotopic (exact) mass is 314 g/mol. The van der Waals surface area contributed by atoms with Gasteiger partial charge in [-0.3, -0.25) is 4.79 Å². The Balaban J connectivity index is 1.81. The Morgan fingerprint density at radius 2 is 1.63 bits per heavy atom. The van der Waals surface area contributed by atoms with E-state index < -0.39 is 0 Å². The molecule has 0 saturated heterocycles. The second kappa shape index (κ2) is 4.93. The molecule has 0 aromatic heterocycles. The van der Waals surface area contributed by atoms with Crippen molar-refractivity contribution in [3.05, 3.63) is 70.2 Å². The summed E-state index contributed by atoms with van der Waals surface area (Å²) in [4.78, 5) is 12.5. The van der Waals surface area contributed by atoms with Gasteiger partial charge in [0.05, 0.1) is 0 Å². The van der Waals surface area contributed by atoms with Crippen LogP contribution >= 0.6 is 15.9 Å². The van der Waals surface area contributed by atoms with Crippen molar-refractivity contribution in [2.45, 2.75) is 12.8 Å². The Morgan fingerprint density at radius 3 is 2.26 bits per heavy atom. The summed E-state index contributed by atoms with van der Waals surface area (Å²) < 4.78 is 1.08. The van der Waals surface area contributed by atoms with Crippen molar-refractivity contribution in [3.63, 3.8) is 0 Å². The molecule has 3 rings (SSSR count). The van der Waals surface area contributed by atoms with Gasteiger partial charge in [-0.1, -0.05) is 65.3 Å². The van der Waals surface area contributed by atoms with Crippen LogP contribution in [0.5, 0.6) is 0 Å². The smallest absolute Gasteiger partial charge is 0.166 e. The van der Waals surface area contributed by atoms with E-state index in [4.69, 9.17) is 0 Å². The number of carbonyl (C=O) groups excluding carboxylic acids is 1. The number of Topliss-reactive ketones (excluding diaryl/α,β-unsaturated/α-hetero) is 1. The van der Waals surface area contributed by atoms with Crippen LogP contribution in [0.3, 0.4) is 0 Å². The highest BCUT2D eigenvalue weighted by atomic mass is 79.9. The van der Waals surface area contributed by atoms with Crippen molar-refractivity contribution in [2.75, 3.05) is 0 Å². The van der Waals surface area contributed by atoms with Crippen LogP contribution in [-0.2, 0) is 0 Å². The van der Waals surface area contributed by atoms with E-state index in [0.29, 0.717) is 11.8 Å². The summed E-state index contributed by atoms with van der Waals surface area (Å²) in [5, 5.41) is 0. The number of carbonyl (C=O) groups is 1. The molecule has 0 spiro atoms. The van der Waals surface area contributed by atoms with Crippen molar-refractivity contribution in [1.29, 1.82) is 0 Å². The van der Waals surface area contributed by atoms with Crippen LogP contribution in [0.25, 0.3) is 0 Å². The second-order valence-corrected chi connectivity index (χ2v) is 6.11. The number of ketones is 1. The van der Waals surface area contributed by atoms with Crippen molar-refractivity contribution >= 4 is 21.7 Å². The van der Waals surface area contributed by atoms with Crippen LogP contribution in [-0.4, -0.2) is 5.78 Å². The molecule has 0 amide bonds. The summed E-state index contributed by atoms with van der Waals surface area (Å²) in [6.07, 6.45) is 0. The first-order valence-electron chi connectivity index (χ1n) is 6.53. The van der Waals surface area contributed by atoms with Crippen LogP contribution in [0.2, 0.25) is 0 Å². The first-order valence-corrected chi connectivity index (χ1v) is 7.32. The van der Waals surface area contributed by atoms with Crippen LogP contribution in [0.15, 0.2) is 59.1 Å². The Labute approximate surface area is 121 Å². The molecule has 0 N–H and O–H groups in total. The molecule has 0 unspecified atom stereocenters. The fourth-order valence-corrected chi connectivity index (χ4v) is 3.12. The van der Waals surface area contributed by atoms with Gasteiger partial charge in [-0.05, 0) is 29.5 Å². The van der Waals surface area contributed by atoms with Gasteiger partial charge in [0, 0.05) is 16.0 Å². The van der Waals surface area contributed by atoms with E-state index in [9.17, 15) is 4.79 Å². The first kappa shape index (κ1) is 12.6. The fourth-order valence-electron chi connectivity index (χ4n) is 2.86. The van der Waals surface area contributed by atoms with Crippen LogP contribution in [0, 0.1) is 11.8 Å². The van der Waals surface area contributed by atoms with Gasteiger partial charge in [0.2, 0.25) is 0 Å². The molecule has 1 fully saturated rings. The van der Waals surface area contributed by atoms with Gasteiger partial charge >= 0.3 is 0 Å². The van der Waals surface area contributed by atoms with E-state index in [-0.39, 0.29) is 11.7 Å². The maximum absolute atomic E-state index is 12.5. The third-order valence-corrected chi connectivity index (χ3v) is 4.52. The predicted molar refractivity (Wildman–Crippen MR) is 80.3 cm³/mol. The van der Waals surface area contributed by atoms with Gasteiger partial charge < -0.3 is 0 Å². The third-order valence-electron chi connectivity index (χ3n) is 3.99. The van der Waals surface area contributed by atoms with Crippen molar-refractivity contribution in [3.8, 4) is 0 Å². The highest BCUT2D eigenvalue weighted by Gasteiger charge is 2.52. The average molecular weight is 315 g/mol. The molecular weight excluding hydrogens is 300 g/mol. The zero-order valence-electron chi connectivity index (χ0n) is 10.7. The topological polar surface area (TPSA) is 17.1 Å². The Morgan fingerprint density at radius 1 is 1.00 bits per heavy atom. The number of benzene rings is 2. The number of hydrogen-bond donors (Lipinski definition) is 0. The molecule has 19 heavy (non-hydrogen) atoms. The van der Waals surface area contributed by atoms with Gasteiger partial charge in [-0.15, -0.1) is 0 Å². The van der Waals surface area contributed by atoms with Gasteiger partial charge in [0.25, 0.3) is 0 Å². The summed E-state index contributed by atoms with van der Waals surface area (Å²) >= 11 is 3.44. The van der Waals surface area contributed by atoms with E-state index in [0.717, 1.165) is 10.0 Å². The van der Waals surface area contributed by atoms with E-state index >= 15 is 0 Å². The SMILES string of the molecule is C[C@H]1[C@H](C(=O)c2ccccc2)[C@H]1c1ccc(Br)cc1. The van der Waals surface area contributed by atoms with Gasteiger partial charge in [0.1, 0.15) is 0 Å². The largest absolute Gasteiger partial charge is 0.294 e. The van der Waals surface area contributed by atoms with Crippen LogP contribution < -0.4 is 0 Å². The summed E-state index contributed by atoms with van der Waals surface area (Å²) in [5.41, 5.74) is 2.10. The second-order valence-electron chi connectivity index (χ2n) is 5.19. The van der Waals surface area contributed by atoms with Crippen molar-refractivity contribution in [2.24, 2.45) is 11.8 Å². The average Bonchev–Trinajstić information content (AvgIpc) is 3.11. The number of rotatable bonds is 3. The standard InChI is InChI=1S/C17H15BrO/c1-11-15(12-7-9-14(18)10-8-12)16(11)17(19)13-5-3-2-4-6-13/h2-11,15-16H,1H3/t11-,15-,16+/m1/s1. The molecule has 0 heterocycles. The maximum Gasteiger partial charge on any atom is 0.166 e. The van der Waals surface area contributed by atoms with Crippen LogP contribution in [0.1, 0.15) is 28.8 Å². The summed E-state index contributed by atoms with van der Waals surface area (Å²) in [6.45, 7) is 2.16. The molecule has 0 aliphatic heterocycles. The summed E-state index contributed by atoms with van der Waals surface area (Å²) in [6, 6.07) is 17.9. The Bertz CT molecular complexity index is 588. The minimum atomic E-state index is 0.142. The highest BCUT2D eigenvalue weighted by molar-refractivity contribution is 9.10. The number of hydrogen-bond acceptors (Lipinski definition) is 1. The van der Waals surface area contributed by atoms with E-state index in [1.165, 1.54) is 5.56 Å². The van der Waals surface area contributed by atoms with E-state index in [2.05, 4.69) is 35.0 Å². The Hall–Kier alpha value is -1.41. The summed E-state index contributed by atoms with van der Waals surface area (Å²) in [5.74, 6) is 1.24. The lowest BCUT2D eigenvalue weighted by Gasteiger charge is -2.01. The molecule has 2 aromatic rings. The predicted octanol–water partition coefficient (Wildman–Crippen LogP) is 4.68. The minimum absolute atomic E-state index is 0.142. The zero-order valence-corrected chi connectivity index (χ0v) is 12.3. The first-order chi connectivity index (χ1) is 9.18. The Kier molecular flexibility index (Phi) is 3.28. The highest BCUT2D eigenvalue weighted by Crippen LogP contribution is 2.55. The summed E-state index contributed by atoms with van der Waals surface area (Å²) in [7, 11) is 0. The van der Waals surface area contributed by atoms with E-state index in [1.807, 2.05) is 42.5 Å². The van der Waals surface area contributed by atoms with Gasteiger partial charge in [-0.2, -0.15) is 0 Å². The fraction of sp³-hybridized carbons (Fsp3) is 0.235.